The largest absolute Gasteiger partial charge is 2.00 e. The fraction of sp³-hybridized carbons (Fsp3) is 0.500. The Morgan fingerprint density at radius 2 is 0.476 bits per heavy atom. The number of aliphatic carboxylic acids is 4. The molecule has 0 aliphatic heterocycles. The van der Waals surface area contributed by atoms with Crippen molar-refractivity contribution < 1.29 is 56.0 Å². The van der Waals surface area contributed by atoms with Crippen molar-refractivity contribution >= 4 is 99.4 Å². The molecule has 0 saturated heterocycles. The van der Waals surface area contributed by atoms with Crippen LogP contribution in [0, 0.1) is 0 Å². The van der Waals surface area contributed by atoms with E-state index >= 15 is 0 Å². The van der Waals surface area contributed by atoms with Crippen molar-refractivity contribution in [3.8, 4) is 0 Å². The van der Waals surface area contributed by atoms with Crippen molar-refractivity contribution in [2.45, 2.75) is 27.7 Å². The molecular weight excluding hydrogens is 352 g/mol. The van der Waals surface area contributed by atoms with Crippen LogP contribution < -0.4 is 20.4 Å². The molecule has 0 amide bonds. The van der Waals surface area contributed by atoms with Crippen molar-refractivity contribution in [1.82, 2.24) is 0 Å². The van der Waals surface area contributed by atoms with Crippen LogP contribution in [-0.2, 0) is 19.2 Å². The second-order valence-corrected chi connectivity index (χ2v) is 1.97. The van der Waals surface area contributed by atoms with Crippen molar-refractivity contribution in [3.05, 3.63) is 0 Å². The number of carbonyl (C=O) groups excluding carboxylic acids is 4. The Hall–Kier alpha value is 0.279. The van der Waals surface area contributed by atoms with Crippen molar-refractivity contribution in [2.24, 2.45) is 0 Å². The van der Waals surface area contributed by atoms with Crippen molar-refractivity contribution in [3.63, 3.8) is 0 Å². The molecule has 0 aromatic rings. The monoisotopic (exact) mass is 370 g/mol. The standard InChI is InChI=1S/4C2H4O2.2Ca.3H2O/c4*1-2(3)4;;;;;/h4*1H3,(H,3,4);;;3*1H2/q;;;;2*+2;;;/p-4. The van der Waals surface area contributed by atoms with E-state index in [2.05, 4.69) is 0 Å². The SMILES string of the molecule is CC(=O)[O-].CC(=O)[O-].CC(=O)[O-].CC(=O)[O-].O.O.O.[Ca+2].[Ca+2]. The third-order valence-electron chi connectivity index (χ3n) is 0. The number of hydrogen-bond acceptors (Lipinski definition) is 8. The van der Waals surface area contributed by atoms with Gasteiger partial charge in [0.25, 0.3) is 0 Å². The summed E-state index contributed by atoms with van der Waals surface area (Å²) in [7, 11) is 0. The Morgan fingerprint density at radius 1 is 0.476 bits per heavy atom. The summed E-state index contributed by atoms with van der Waals surface area (Å²) in [5.41, 5.74) is 0. The Morgan fingerprint density at radius 3 is 0.476 bits per heavy atom. The number of carboxylic acid groups (broad SMARTS) is 4. The van der Waals surface area contributed by atoms with E-state index < -0.39 is 23.9 Å². The minimum Gasteiger partial charge on any atom is -0.550 e. The first-order valence-corrected chi connectivity index (χ1v) is 3.63. The van der Waals surface area contributed by atoms with Gasteiger partial charge in [0, 0.05) is 23.9 Å². The normalized spacial score (nSPS) is 4.76. The van der Waals surface area contributed by atoms with E-state index in [0.717, 1.165) is 27.7 Å². The zero-order valence-electron chi connectivity index (χ0n) is 12.2. The average molecular weight is 370 g/mol. The van der Waals surface area contributed by atoms with E-state index in [1.54, 1.807) is 0 Å². The van der Waals surface area contributed by atoms with Gasteiger partial charge in [0.2, 0.25) is 0 Å². The van der Waals surface area contributed by atoms with Crippen LogP contribution in [0.4, 0.5) is 0 Å². The minimum atomic E-state index is -1.08. The molecule has 21 heavy (non-hydrogen) atoms. The maximum Gasteiger partial charge on any atom is 2.00 e. The number of hydrogen-bond donors (Lipinski definition) is 0. The van der Waals surface area contributed by atoms with Crippen molar-refractivity contribution in [1.29, 1.82) is 0 Å². The molecule has 0 atom stereocenters. The van der Waals surface area contributed by atoms with E-state index in [1.165, 1.54) is 0 Å². The molecule has 0 bridgehead atoms. The number of carbonyl (C=O) groups is 4. The van der Waals surface area contributed by atoms with E-state index in [0.29, 0.717) is 0 Å². The fourth-order valence-corrected chi connectivity index (χ4v) is 0. The smallest absolute Gasteiger partial charge is 0.550 e. The summed E-state index contributed by atoms with van der Waals surface area (Å²) in [6.45, 7) is 3.89. The molecule has 0 aliphatic rings. The minimum absolute atomic E-state index is 0. The van der Waals surface area contributed by atoms with Crippen molar-refractivity contribution in [2.75, 3.05) is 0 Å². The van der Waals surface area contributed by atoms with Crippen LogP contribution in [-0.4, -0.2) is 116 Å². The van der Waals surface area contributed by atoms with Gasteiger partial charge in [-0.1, -0.05) is 0 Å². The summed E-state index contributed by atoms with van der Waals surface area (Å²) in [6, 6.07) is 0. The van der Waals surface area contributed by atoms with Crippen LogP contribution in [0.5, 0.6) is 0 Å². The van der Waals surface area contributed by atoms with E-state index in [9.17, 15) is 0 Å². The van der Waals surface area contributed by atoms with Gasteiger partial charge in [-0.15, -0.1) is 0 Å². The Kier molecular flexibility index (Phi) is 138. The first kappa shape index (κ1) is 58.0. The third kappa shape index (κ3) is 86800. The quantitative estimate of drug-likeness (QED) is 0.369. The summed E-state index contributed by atoms with van der Waals surface area (Å²) < 4.78 is 0. The first-order chi connectivity index (χ1) is 6.93. The summed E-state index contributed by atoms with van der Waals surface area (Å²) >= 11 is 0. The molecule has 0 radical (unpaired) electrons. The third-order valence-corrected chi connectivity index (χ3v) is 0. The molecule has 0 aromatic carbocycles. The molecular formula is C8H18Ca2O11. The van der Waals surface area contributed by atoms with Gasteiger partial charge < -0.3 is 56.0 Å². The summed E-state index contributed by atoms with van der Waals surface area (Å²) in [5, 5.41) is 35.6. The predicted molar refractivity (Wildman–Crippen MR) is 65.1 cm³/mol. The molecule has 0 fully saturated rings. The van der Waals surface area contributed by atoms with Crippen LogP contribution in [0.3, 0.4) is 0 Å². The Labute approximate surface area is 181 Å². The van der Waals surface area contributed by atoms with Crippen LogP contribution in [0.15, 0.2) is 0 Å². The van der Waals surface area contributed by atoms with Gasteiger partial charge >= 0.3 is 75.5 Å². The van der Waals surface area contributed by atoms with Gasteiger partial charge in [0.1, 0.15) is 0 Å². The maximum absolute atomic E-state index is 8.89. The zero-order chi connectivity index (χ0) is 14.3. The topological polar surface area (TPSA) is 255 Å². The molecule has 6 N–H and O–H groups in total. The predicted octanol–water partition coefficient (Wildman–Crippen LogP) is -8.21. The summed E-state index contributed by atoms with van der Waals surface area (Å²) in [5.74, 6) is -4.33. The molecule has 11 nitrogen and oxygen atoms in total. The van der Waals surface area contributed by atoms with Crippen LogP contribution in [0.2, 0.25) is 0 Å². The van der Waals surface area contributed by atoms with Crippen LogP contribution in [0.1, 0.15) is 27.7 Å². The van der Waals surface area contributed by atoms with Gasteiger partial charge in [-0.3, -0.25) is 0 Å². The zero-order valence-corrected chi connectivity index (χ0v) is 16.6. The maximum atomic E-state index is 8.89. The van der Waals surface area contributed by atoms with E-state index in [4.69, 9.17) is 39.6 Å². The van der Waals surface area contributed by atoms with Gasteiger partial charge in [0.05, 0.1) is 0 Å². The number of carboxylic acids is 4. The Balaban J connectivity index is -0.0000000121. The van der Waals surface area contributed by atoms with E-state index in [1.807, 2.05) is 0 Å². The molecule has 13 heteroatoms. The van der Waals surface area contributed by atoms with Crippen LogP contribution >= 0.6 is 0 Å². The second kappa shape index (κ2) is 50.0. The van der Waals surface area contributed by atoms with Gasteiger partial charge in [-0.25, -0.2) is 0 Å². The molecule has 0 unspecified atom stereocenters. The van der Waals surface area contributed by atoms with Gasteiger partial charge in [-0.05, 0) is 27.7 Å². The summed E-state index contributed by atoms with van der Waals surface area (Å²) in [4.78, 5) is 35.6. The second-order valence-electron chi connectivity index (χ2n) is 1.97. The Bertz CT molecular complexity index is 168. The van der Waals surface area contributed by atoms with Gasteiger partial charge in [-0.2, -0.15) is 0 Å². The number of rotatable bonds is 0. The van der Waals surface area contributed by atoms with Crippen LogP contribution in [0.25, 0.3) is 0 Å². The molecule has 0 aliphatic carbocycles. The average Bonchev–Trinajstić information content (AvgIpc) is 1.76. The van der Waals surface area contributed by atoms with E-state index in [-0.39, 0.29) is 91.9 Å². The molecule has 0 spiro atoms. The molecule has 0 saturated carbocycles. The molecule has 0 aromatic heterocycles. The molecule has 120 valence electrons. The molecule has 0 rings (SSSR count). The molecule has 0 heterocycles. The fourth-order valence-electron chi connectivity index (χ4n) is 0. The first-order valence-electron chi connectivity index (χ1n) is 3.63. The summed E-state index contributed by atoms with van der Waals surface area (Å²) in [6.07, 6.45) is 0. The van der Waals surface area contributed by atoms with Gasteiger partial charge in [0.15, 0.2) is 0 Å².